The molecule has 0 bridgehead atoms. The molecule has 7 nitrogen and oxygen atoms in total. The number of aromatic nitrogens is 2. The van der Waals surface area contributed by atoms with Crippen LogP contribution in [0, 0.1) is 0 Å². The van der Waals surface area contributed by atoms with Crippen LogP contribution in [0.4, 0.5) is 0 Å². The van der Waals surface area contributed by atoms with Gasteiger partial charge in [0.2, 0.25) is 0 Å². The second-order valence-electron chi connectivity index (χ2n) is 3.71. The lowest BCUT2D eigenvalue weighted by atomic mass is 10.1. The highest BCUT2D eigenvalue weighted by Crippen LogP contribution is 2.23. The first-order valence-electron chi connectivity index (χ1n) is 5.10. The van der Waals surface area contributed by atoms with Crippen LogP contribution in [0.2, 0.25) is 0 Å². The van der Waals surface area contributed by atoms with E-state index in [1.807, 2.05) is 4.98 Å². The van der Waals surface area contributed by atoms with E-state index in [1.54, 1.807) is 6.92 Å². The van der Waals surface area contributed by atoms with Crippen molar-refractivity contribution in [3.05, 3.63) is 38.5 Å². The van der Waals surface area contributed by atoms with Gasteiger partial charge in [0, 0.05) is 0 Å². The van der Waals surface area contributed by atoms with Crippen LogP contribution in [0.5, 0.6) is 0 Å². The van der Waals surface area contributed by atoms with Crippen molar-refractivity contribution in [1.29, 1.82) is 0 Å². The first-order valence-corrected chi connectivity index (χ1v) is 6.54. The molecule has 0 saturated heterocycles. The number of aromatic amines is 2. The number of fused-ring (bicyclic) bond motifs is 1. The summed E-state index contributed by atoms with van der Waals surface area (Å²) in [5.74, 6) is 0. The van der Waals surface area contributed by atoms with Crippen molar-refractivity contribution in [2.75, 3.05) is 0 Å². The number of H-pyrrole nitrogens is 2. The second-order valence-corrected chi connectivity index (χ2v) is 5.07. The molecule has 0 saturated carbocycles. The van der Waals surface area contributed by atoms with Crippen molar-refractivity contribution >= 4 is 21.0 Å². The minimum absolute atomic E-state index is 0.000532. The summed E-state index contributed by atoms with van der Waals surface area (Å²) in [5.41, 5.74) is -1.39. The average Bonchev–Trinajstić information content (AvgIpc) is 2.25. The Morgan fingerprint density at radius 1 is 1.22 bits per heavy atom. The molecule has 8 heteroatoms. The van der Waals surface area contributed by atoms with Crippen LogP contribution < -0.4 is 11.2 Å². The van der Waals surface area contributed by atoms with E-state index in [2.05, 4.69) is 4.98 Å². The van der Waals surface area contributed by atoms with Crippen molar-refractivity contribution in [1.82, 2.24) is 9.97 Å². The smallest absolute Gasteiger partial charge is 0.305 e. The summed E-state index contributed by atoms with van der Waals surface area (Å²) in [6.07, 6.45) is 0.333. The lowest BCUT2D eigenvalue weighted by Crippen LogP contribution is -2.23. The van der Waals surface area contributed by atoms with E-state index in [1.165, 1.54) is 12.1 Å². The van der Waals surface area contributed by atoms with Gasteiger partial charge in [-0.05, 0) is 18.1 Å². The lowest BCUT2D eigenvalue weighted by Gasteiger charge is -2.07. The Kier molecular flexibility index (Phi) is 2.83. The summed E-state index contributed by atoms with van der Waals surface area (Å²) in [4.78, 5) is 26.5. The molecule has 0 radical (unpaired) electrons. The van der Waals surface area contributed by atoms with Gasteiger partial charge in [-0.1, -0.05) is 13.0 Å². The van der Waals surface area contributed by atoms with Gasteiger partial charge < -0.3 is 4.98 Å². The van der Waals surface area contributed by atoms with Gasteiger partial charge in [0.15, 0.2) is 0 Å². The number of nitrogens with one attached hydrogen (secondary N) is 2. The van der Waals surface area contributed by atoms with Gasteiger partial charge in [-0.3, -0.25) is 14.3 Å². The molecule has 0 aliphatic carbocycles. The molecule has 0 fully saturated rings. The average molecular weight is 270 g/mol. The highest BCUT2D eigenvalue weighted by molar-refractivity contribution is 7.86. The molecule has 0 atom stereocenters. The zero-order valence-corrected chi connectivity index (χ0v) is 10.2. The van der Waals surface area contributed by atoms with Gasteiger partial charge in [-0.15, -0.1) is 0 Å². The molecular formula is C10H10N2O5S. The molecule has 2 rings (SSSR count). The Bertz CT molecular complexity index is 831. The Balaban J connectivity index is 3.14. The quantitative estimate of drug-likeness (QED) is 0.665. The van der Waals surface area contributed by atoms with E-state index in [9.17, 15) is 22.6 Å². The molecule has 0 unspecified atom stereocenters. The van der Waals surface area contributed by atoms with Crippen LogP contribution in [0.1, 0.15) is 12.5 Å². The topological polar surface area (TPSA) is 120 Å². The summed E-state index contributed by atoms with van der Waals surface area (Å²) in [6, 6.07) is 2.83. The number of aryl methyl sites for hydroxylation is 1. The Morgan fingerprint density at radius 2 is 1.89 bits per heavy atom. The summed E-state index contributed by atoms with van der Waals surface area (Å²) >= 11 is 0. The fourth-order valence-corrected chi connectivity index (χ4v) is 2.79. The summed E-state index contributed by atoms with van der Waals surface area (Å²) in [6.45, 7) is 1.70. The number of hydrogen-bond donors (Lipinski definition) is 3. The first-order chi connectivity index (χ1) is 8.34. The van der Waals surface area contributed by atoms with Gasteiger partial charge in [-0.2, -0.15) is 8.42 Å². The van der Waals surface area contributed by atoms with E-state index in [4.69, 9.17) is 0 Å². The number of benzene rings is 1. The molecular weight excluding hydrogens is 260 g/mol. The standard InChI is InChI=1S/C10H10N2O5S/c1-2-5-3-4-6-7(8(5)18(15,16)17)11-10(14)12-9(6)13/h3-4H,2H2,1H3,(H,15,16,17)(H2,11,12,13,14). The van der Waals surface area contributed by atoms with Crippen molar-refractivity contribution in [2.45, 2.75) is 18.2 Å². The molecule has 0 aliphatic heterocycles. The Labute approximate surface area is 101 Å². The number of rotatable bonds is 2. The molecule has 0 aliphatic rings. The highest BCUT2D eigenvalue weighted by atomic mass is 32.2. The zero-order valence-electron chi connectivity index (χ0n) is 9.35. The van der Waals surface area contributed by atoms with E-state index >= 15 is 0 Å². The van der Waals surface area contributed by atoms with Gasteiger partial charge in [0.05, 0.1) is 10.9 Å². The van der Waals surface area contributed by atoms with Crippen molar-refractivity contribution < 1.29 is 13.0 Å². The molecule has 1 heterocycles. The van der Waals surface area contributed by atoms with Crippen molar-refractivity contribution in [3.8, 4) is 0 Å². The molecule has 0 amide bonds. The maximum atomic E-state index is 11.5. The fourth-order valence-electron chi connectivity index (χ4n) is 1.83. The molecule has 1 aromatic heterocycles. The molecule has 1 aromatic carbocycles. The first kappa shape index (κ1) is 12.5. The Hall–Kier alpha value is -1.93. The largest absolute Gasteiger partial charge is 0.326 e. The molecule has 0 spiro atoms. The highest BCUT2D eigenvalue weighted by Gasteiger charge is 2.20. The second kappa shape index (κ2) is 4.07. The monoisotopic (exact) mass is 270 g/mol. The third kappa shape index (κ3) is 1.95. The van der Waals surface area contributed by atoms with E-state index < -0.39 is 26.3 Å². The van der Waals surface area contributed by atoms with Crippen LogP contribution >= 0.6 is 0 Å². The van der Waals surface area contributed by atoms with Crippen LogP contribution in [-0.2, 0) is 16.5 Å². The summed E-state index contributed by atoms with van der Waals surface area (Å²) in [7, 11) is -4.53. The SMILES string of the molecule is CCc1ccc2c(=O)[nH]c(=O)[nH]c2c1S(=O)(=O)O. The van der Waals surface area contributed by atoms with Gasteiger partial charge in [-0.25, -0.2) is 4.79 Å². The minimum atomic E-state index is -4.53. The maximum Gasteiger partial charge on any atom is 0.326 e. The Morgan fingerprint density at radius 3 is 2.44 bits per heavy atom. The zero-order chi connectivity index (χ0) is 13.5. The molecule has 3 N–H and O–H groups in total. The van der Waals surface area contributed by atoms with E-state index in [0.717, 1.165) is 0 Å². The van der Waals surface area contributed by atoms with Gasteiger partial charge in [0.25, 0.3) is 15.7 Å². The van der Waals surface area contributed by atoms with E-state index in [-0.39, 0.29) is 10.9 Å². The summed E-state index contributed by atoms with van der Waals surface area (Å²) in [5, 5.41) is -0.000532. The fraction of sp³-hybridized carbons (Fsp3) is 0.200. The lowest BCUT2D eigenvalue weighted by molar-refractivity contribution is 0.483. The van der Waals surface area contributed by atoms with Crippen molar-refractivity contribution in [3.63, 3.8) is 0 Å². The predicted octanol–water partition coefficient (Wildman–Crippen LogP) is 0.0255. The minimum Gasteiger partial charge on any atom is -0.305 e. The predicted molar refractivity (Wildman–Crippen MR) is 64.4 cm³/mol. The van der Waals surface area contributed by atoms with Crippen LogP contribution in [-0.4, -0.2) is 22.9 Å². The maximum absolute atomic E-state index is 11.5. The number of hydrogen-bond acceptors (Lipinski definition) is 4. The third-order valence-electron chi connectivity index (χ3n) is 2.59. The normalized spacial score (nSPS) is 11.9. The van der Waals surface area contributed by atoms with Gasteiger partial charge >= 0.3 is 5.69 Å². The molecule has 96 valence electrons. The van der Waals surface area contributed by atoms with Crippen LogP contribution in [0.3, 0.4) is 0 Å². The van der Waals surface area contributed by atoms with Gasteiger partial charge in [0.1, 0.15) is 4.90 Å². The van der Waals surface area contributed by atoms with Crippen molar-refractivity contribution in [2.24, 2.45) is 0 Å². The van der Waals surface area contributed by atoms with E-state index in [0.29, 0.717) is 12.0 Å². The third-order valence-corrected chi connectivity index (χ3v) is 3.57. The summed E-state index contributed by atoms with van der Waals surface area (Å²) < 4.78 is 32.0. The molecule has 18 heavy (non-hydrogen) atoms. The van der Waals surface area contributed by atoms with Crippen LogP contribution in [0.25, 0.3) is 10.9 Å². The van der Waals surface area contributed by atoms with Crippen LogP contribution in [0.15, 0.2) is 26.6 Å². The molecule has 2 aromatic rings.